The van der Waals surface area contributed by atoms with Gasteiger partial charge in [0.1, 0.15) is 0 Å². The number of benzene rings is 5. The lowest BCUT2D eigenvalue weighted by atomic mass is 10.0. The largest absolute Gasteiger partial charge is 0.310 e. The predicted octanol–water partition coefficient (Wildman–Crippen LogP) is 7.26. The smallest absolute Gasteiger partial charge is 0.0468 e. The molecule has 0 aliphatic heterocycles. The van der Waals surface area contributed by atoms with Crippen LogP contribution in [0, 0.1) is 6.07 Å². The molecule has 0 N–H and O–H groups in total. The molecule has 0 saturated carbocycles. The number of hydrogen-bond acceptors (Lipinski definition) is 1. The maximum absolute atomic E-state index is 3.58. The lowest BCUT2D eigenvalue weighted by Gasteiger charge is -2.25. The highest BCUT2D eigenvalue weighted by Crippen LogP contribution is 2.36. The van der Waals surface area contributed by atoms with Crippen molar-refractivity contribution in [2.45, 2.75) is 0 Å². The average Bonchev–Trinajstić information content (AvgIpc) is 2.74. The fourth-order valence-electron chi connectivity index (χ4n) is 3.57. The van der Waals surface area contributed by atoms with E-state index in [1.54, 1.807) is 0 Å². The topological polar surface area (TPSA) is 3.24 Å². The van der Waals surface area contributed by atoms with E-state index in [0.717, 1.165) is 27.8 Å². The Morgan fingerprint density at radius 3 is 1.74 bits per heavy atom. The summed E-state index contributed by atoms with van der Waals surface area (Å²) in [7, 11) is 0. The minimum absolute atomic E-state index is 1.13. The molecule has 0 spiro atoms. The Morgan fingerprint density at radius 2 is 1.04 bits per heavy atom. The molecule has 5 aromatic rings. The van der Waals surface area contributed by atoms with E-state index in [1.165, 1.54) is 10.8 Å². The van der Waals surface area contributed by atoms with E-state index in [2.05, 4.69) is 108 Å². The minimum atomic E-state index is 1.13. The van der Waals surface area contributed by atoms with Crippen LogP contribution < -0.4 is 4.90 Å². The van der Waals surface area contributed by atoms with Crippen molar-refractivity contribution in [2.24, 2.45) is 0 Å². The van der Waals surface area contributed by atoms with Gasteiger partial charge in [0, 0.05) is 17.1 Å². The summed E-state index contributed by atoms with van der Waals surface area (Å²) in [5.41, 5.74) is 3.42. The molecule has 0 saturated heterocycles. The quantitative estimate of drug-likeness (QED) is 0.311. The zero-order chi connectivity index (χ0) is 18.1. The summed E-state index contributed by atoms with van der Waals surface area (Å²) in [4.78, 5) is 2.28. The van der Waals surface area contributed by atoms with Gasteiger partial charge in [-0.25, -0.2) is 0 Å². The highest BCUT2D eigenvalue weighted by molar-refractivity contribution is 5.99. The standard InChI is InChI=1S/C26H18N/c1-3-11-24(12-4-1)27(25-13-5-2-6-14-25)26-16-15-22-17-20-9-7-8-10-21(20)18-23(22)19-26/h1-17,19H. The summed E-state index contributed by atoms with van der Waals surface area (Å²) in [6, 6.07) is 41.8. The molecule has 1 radical (unpaired) electrons. The van der Waals surface area contributed by atoms with E-state index < -0.39 is 0 Å². The van der Waals surface area contributed by atoms with Crippen LogP contribution in [0.25, 0.3) is 21.5 Å². The van der Waals surface area contributed by atoms with Crippen LogP contribution in [-0.4, -0.2) is 0 Å². The van der Waals surface area contributed by atoms with Gasteiger partial charge in [0.15, 0.2) is 0 Å². The van der Waals surface area contributed by atoms with Crippen LogP contribution in [-0.2, 0) is 0 Å². The average molecular weight is 344 g/mol. The van der Waals surface area contributed by atoms with Gasteiger partial charge in [0.05, 0.1) is 0 Å². The van der Waals surface area contributed by atoms with Crippen LogP contribution in [0.2, 0.25) is 0 Å². The van der Waals surface area contributed by atoms with E-state index in [-0.39, 0.29) is 0 Å². The number of rotatable bonds is 3. The minimum Gasteiger partial charge on any atom is -0.310 e. The van der Waals surface area contributed by atoms with E-state index in [4.69, 9.17) is 0 Å². The molecule has 0 fully saturated rings. The van der Waals surface area contributed by atoms with Gasteiger partial charge in [-0.1, -0.05) is 66.7 Å². The highest BCUT2D eigenvalue weighted by atomic mass is 15.1. The van der Waals surface area contributed by atoms with Crippen LogP contribution in [0.1, 0.15) is 0 Å². The van der Waals surface area contributed by atoms with E-state index in [0.29, 0.717) is 0 Å². The number of nitrogens with zero attached hydrogens (tertiary/aromatic N) is 1. The van der Waals surface area contributed by atoms with Crippen molar-refractivity contribution in [3.05, 3.63) is 115 Å². The Labute approximate surface area is 159 Å². The molecule has 0 heterocycles. The second-order valence-electron chi connectivity index (χ2n) is 6.63. The third-order valence-corrected chi connectivity index (χ3v) is 4.86. The molecule has 0 amide bonds. The summed E-state index contributed by atoms with van der Waals surface area (Å²) in [5.74, 6) is 0. The maximum Gasteiger partial charge on any atom is 0.0468 e. The Morgan fingerprint density at radius 1 is 0.444 bits per heavy atom. The first-order valence-corrected chi connectivity index (χ1v) is 9.13. The van der Waals surface area contributed by atoms with Gasteiger partial charge < -0.3 is 4.90 Å². The van der Waals surface area contributed by atoms with Crippen LogP contribution in [0.5, 0.6) is 0 Å². The number of hydrogen-bond donors (Lipinski definition) is 0. The molecule has 1 nitrogen and oxygen atoms in total. The van der Waals surface area contributed by atoms with Gasteiger partial charge in [-0.3, -0.25) is 0 Å². The first-order valence-electron chi connectivity index (χ1n) is 9.13. The normalized spacial score (nSPS) is 11.0. The summed E-state index contributed by atoms with van der Waals surface area (Å²) < 4.78 is 0. The van der Waals surface area contributed by atoms with Crippen molar-refractivity contribution in [1.82, 2.24) is 0 Å². The molecule has 5 aromatic carbocycles. The Kier molecular flexibility index (Phi) is 3.84. The van der Waals surface area contributed by atoms with Crippen LogP contribution >= 0.6 is 0 Å². The molecule has 0 aliphatic carbocycles. The lowest BCUT2D eigenvalue weighted by molar-refractivity contribution is 1.29. The van der Waals surface area contributed by atoms with Gasteiger partial charge in [0.2, 0.25) is 0 Å². The molecule has 0 unspecified atom stereocenters. The van der Waals surface area contributed by atoms with Gasteiger partial charge in [-0.2, -0.15) is 0 Å². The van der Waals surface area contributed by atoms with Crippen LogP contribution in [0.3, 0.4) is 0 Å². The zero-order valence-corrected chi connectivity index (χ0v) is 14.8. The summed E-state index contributed by atoms with van der Waals surface area (Å²) in [6.45, 7) is 0. The second kappa shape index (κ2) is 6.62. The van der Waals surface area contributed by atoms with Gasteiger partial charge in [-0.15, -0.1) is 0 Å². The molecule has 0 aliphatic rings. The number of fused-ring (bicyclic) bond motifs is 2. The van der Waals surface area contributed by atoms with Crippen molar-refractivity contribution < 1.29 is 0 Å². The Bertz CT molecular complexity index is 1170. The number of para-hydroxylation sites is 2. The third kappa shape index (κ3) is 2.94. The Balaban J connectivity index is 1.71. The van der Waals surface area contributed by atoms with Crippen molar-refractivity contribution in [3.63, 3.8) is 0 Å². The Hall–Kier alpha value is -3.58. The second-order valence-corrected chi connectivity index (χ2v) is 6.63. The summed E-state index contributed by atoms with van der Waals surface area (Å²) >= 11 is 0. The van der Waals surface area contributed by atoms with Gasteiger partial charge in [0.25, 0.3) is 0 Å². The maximum atomic E-state index is 3.58. The fraction of sp³-hybridized carbons (Fsp3) is 0. The van der Waals surface area contributed by atoms with Crippen LogP contribution in [0.15, 0.2) is 109 Å². The fourth-order valence-corrected chi connectivity index (χ4v) is 3.57. The summed E-state index contributed by atoms with van der Waals surface area (Å²) in [5, 5.41) is 4.70. The molecule has 127 valence electrons. The van der Waals surface area contributed by atoms with Gasteiger partial charge in [-0.05, 0) is 70.1 Å². The molecule has 0 atom stereocenters. The molecule has 27 heavy (non-hydrogen) atoms. The van der Waals surface area contributed by atoms with Crippen LogP contribution in [0.4, 0.5) is 17.1 Å². The predicted molar refractivity (Wildman–Crippen MR) is 115 cm³/mol. The zero-order valence-electron chi connectivity index (χ0n) is 14.8. The van der Waals surface area contributed by atoms with Crippen molar-refractivity contribution >= 4 is 38.6 Å². The molecule has 0 bridgehead atoms. The molecular weight excluding hydrogens is 326 g/mol. The molecule has 5 rings (SSSR count). The first-order chi connectivity index (χ1) is 13.4. The summed E-state index contributed by atoms with van der Waals surface area (Å²) in [6.07, 6.45) is 0. The SMILES string of the molecule is [c]1c2ccccc2cc2ccc(N(c3ccccc3)c3ccccc3)cc12. The van der Waals surface area contributed by atoms with Gasteiger partial charge >= 0.3 is 0 Å². The highest BCUT2D eigenvalue weighted by Gasteiger charge is 2.12. The first kappa shape index (κ1) is 15.7. The molecule has 0 aromatic heterocycles. The van der Waals surface area contributed by atoms with Crippen molar-refractivity contribution in [3.8, 4) is 0 Å². The van der Waals surface area contributed by atoms with E-state index in [9.17, 15) is 0 Å². The number of anilines is 3. The van der Waals surface area contributed by atoms with E-state index in [1.807, 2.05) is 12.1 Å². The molecular formula is C26H18N. The van der Waals surface area contributed by atoms with Crippen molar-refractivity contribution in [2.75, 3.05) is 4.90 Å². The van der Waals surface area contributed by atoms with E-state index >= 15 is 0 Å². The lowest BCUT2D eigenvalue weighted by Crippen LogP contribution is -2.09. The third-order valence-electron chi connectivity index (χ3n) is 4.86. The monoisotopic (exact) mass is 344 g/mol. The van der Waals surface area contributed by atoms with Crippen molar-refractivity contribution in [1.29, 1.82) is 0 Å². The molecule has 1 heteroatoms.